The summed E-state index contributed by atoms with van der Waals surface area (Å²) >= 11 is 11.9. The molecule has 0 N–H and O–H groups in total. The van der Waals surface area contributed by atoms with Gasteiger partial charge >= 0.3 is 6.18 Å². The molecule has 1 aromatic heterocycles. The first-order valence-electron chi connectivity index (χ1n) is 8.70. The zero-order valence-electron chi connectivity index (χ0n) is 15.1. The van der Waals surface area contributed by atoms with Gasteiger partial charge in [-0.15, -0.1) is 0 Å². The highest BCUT2D eigenvalue weighted by Crippen LogP contribution is 2.51. The molecule has 4 rings (SSSR count). The lowest BCUT2D eigenvalue weighted by Crippen LogP contribution is -2.42. The summed E-state index contributed by atoms with van der Waals surface area (Å²) < 4.78 is 44.0. The highest BCUT2D eigenvalue weighted by molar-refractivity contribution is 6.34. The molecule has 2 unspecified atom stereocenters. The van der Waals surface area contributed by atoms with Crippen molar-refractivity contribution >= 4 is 29.4 Å². The van der Waals surface area contributed by atoms with E-state index < -0.39 is 17.6 Å². The Morgan fingerprint density at radius 1 is 1.13 bits per heavy atom. The van der Waals surface area contributed by atoms with E-state index in [4.69, 9.17) is 23.2 Å². The molecule has 30 heavy (non-hydrogen) atoms. The van der Waals surface area contributed by atoms with E-state index in [1.807, 2.05) is 6.07 Å². The Hall–Kier alpha value is -2.89. The first-order chi connectivity index (χ1) is 14.2. The minimum atomic E-state index is -4.61. The van der Waals surface area contributed by atoms with Gasteiger partial charge < -0.3 is 0 Å². The van der Waals surface area contributed by atoms with E-state index >= 15 is 0 Å². The number of benzene rings is 2. The van der Waals surface area contributed by atoms with Crippen molar-refractivity contribution in [2.24, 2.45) is 4.99 Å². The zero-order valence-corrected chi connectivity index (χ0v) is 16.6. The lowest BCUT2D eigenvalue weighted by atomic mass is 9.77. The van der Waals surface area contributed by atoms with Crippen LogP contribution in [0.2, 0.25) is 10.0 Å². The highest BCUT2D eigenvalue weighted by atomic mass is 35.5. The van der Waals surface area contributed by atoms with E-state index in [0.29, 0.717) is 11.3 Å². The van der Waals surface area contributed by atoms with Gasteiger partial charge in [0.2, 0.25) is 0 Å². The number of aromatic nitrogens is 3. The fourth-order valence-corrected chi connectivity index (χ4v) is 4.10. The minimum Gasteiger partial charge on any atom is -0.288 e. The Morgan fingerprint density at radius 3 is 2.47 bits per heavy atom. The molecule has 0 saturated carbocycles. The minimum absolute atomic E-state index is 0.0708. The molecule has 2 heterocycles. The monoisotopic (exact) mass is 449 g/mol. The SMILES string of the molecule is N#Cc1cc(C2CC(c3cc(Cl)cc(Cl)c3)(C(F)(F)F)C=N2)ccc1-n1cncn1. The second kappa shape index (κ2) is 7.42. The predicted molar refractivity (Wildman–Crippen MR) is 106 cm³/mol. The van der Waals surface area contributed by atoms with Crippen molar-refractivity contribution in [1.29, 1.82) is 5.26 Å². The summed E-state index contributed by atoms with van der Waals surface area (Å²) in [5, 5.41) is 13.7. The summed E-state index contributed by atoms with van der Waals surface area (Å²) in [4.78, 5) is 7.99. The second-order valence-electron chi connectivity index (χ2n) is 6.85. The Kier molecular flexibility index (Phi) is 5.04. The van der Waals surface area contributed by atoms with Crippen molar-refractivity contribution in [2.75, 3.05) is 0 Å². The Bertz CT molecular complexity index is 1150. The number of halogens is 5. The van der Waals surface area contributed by atoms with Crippen LogP contribution in [0.25, 0.3) is 5.69 Å². The van der Waals surface area contributed by atoms with Crippen molar-refractivity contribution in [2.45, 2.75) is 24.1 Å². The highest BCUT2D eigenvalue weighted by Gasteiger charge is 2.58. The number of nitriles is 1. The van der Waals surface area contributed by atoms with Gasteiger partial charge in [0.05, 0.1) is 17.3 Å². The number of alkyl halides is 3. The number of nitrogens with zero attached hydrogens (tertiary/aromatic N) is 5. The van der Waals surface area contributed by atoms with Gasteiger partial charge in [-0.3, -0.25) is 4.99 Å². The summed E-state index contributed by atoms with van der Waals surface area (Å²) in [7, 11) is 0. The predicted octanol–water partition coefficient (Wildman–Crippen LogP) is 5.46. The van der Waals surface area contributed by atoms with Crippen LogP contribution in [0.5, 0.6) is 0 Å². The van der Waals surface area contributed by atoms with Crippen LogP contribution < -0.4 is 0 Å². The number of hydrogen-bond acceptors (Lipinski definition) is 4. The van der Waals surface area contributed by atoms with Crippen molar-refractivity contribution in [3.63, 3.8) is 0 Å². The van der Waals surface area contributed by atoms with Gasteiger partial charge in [0, 0.05) is 16.3 Å². The third-order valence-corrected chi connectivity index (χ3v) is 5.50. The zero-order chi connectivity index (χ0) is 21.5. The third-order valence-electron chi connectivity index (χ3n) is 5.07. The quantitative estimate of drug-likeness (QED) is 0.532. The van der Waals surface area contributed by atoms with Crippen LogP contribution in [0.4, 0.5) is 13.2 Å². The van der Waals surface area contributed by atoms with Gasteiger partial charge in [-0.1, -0.05) is 29.3 Å². The first kappa shape index (κ1) is 20.4. The van der Waals surface area contributed by atoms with E-state index in [2.05, 4.69) is 15.1 Å². The van der Waals surface area contributed by atoms with Crippen molar-refractivity contribution in [1.82, 2.24) is 14.8 Å². The van der Waals surface area contributed by atoms with Crippen LogP contribution in [0.1, 0.15) is 29.2 Å². The molecule has 2 atom stereocenters. The molecule has 1 aliphatic rings. The molecule has 0 spiro atoms. The first-order valence-corrected chi connectivity index (χ1v) is 9.46. The van der Waals surface area contributed by atoms with Gasteiger partial charge in [0.25, 0.3) is 0 Å². The number of aliphatic imine (C=N–C) groups is 1. The molecular weight excluding hydrogens is 438 g/mol. The Morgan fingerprint density at radius 2 is 1.87 bits per heavy atom. The van der Waals surface area contributed by atoms with Crippen LogP contribution in [0.15, 0.2) is 54.0 Å². The van der Waals surface area contributed by atoms with E-state index in [1.54, 1.807) is 12.1 Å². The van der Waals surface area contributed by atoms with E-state index in [9.17, 15) is 18.4 Å². The van der Waals surface area contributed by atoms with Crippen molar-refractivity contribution in [3.05, 3.63) is 75.8 Å². The van der Waals surface area contributed by atoms with E-state index in [-0.39, 0.29) is 27.6 Å². The Balaban J connectivity index is 1.74. The average molecular weight is 450 g/mol. The molecule has 1 aliphatic heterocycles. The smallest absolute Gasteiger partial charge is 0.288 e. The van der Waals surface area contributed by atoms with Crippen molar-refractivity contribution in [3.8, 4) is 11.8 Å². The molecule has 5 nitrogen and oxygen atoms in total. The lowest BCUT2D eigenvalue weighted by molar-refractivity contribution is -0.168. The van der Waals surface area contributed by atoms with Crippen molar-refractivity contribution < 1.29 is 13.2 Å². The number of hydrogen-bond donors (Lipinski definition) is 0. The molecule has 0 radical (unpaired) electrons. The molecule has 0 saturated heterocycles. The largest absolute Gasteiger partial charge is 0.403 e. The fourth-order valence-electron chi connectivity index (χ4n) is 3.57. The second-order valence-corrected chi connectivity index (χ2v) is 7.73. The Labute approximate surface area is 179 Å². The molecule has 0 fully saturated rings. The van der Waals surface area contributed by atoms with Gasteiger partial charge in [-0.05, 0) is 47.9 Å². The van der Waals surface area contributed by atoms with Gasteiger partial charge in [0.1, 0.15) is 24.1 Å². The van der Waals surface area contributed by atoms with Crippen LogP contribution in [0, 0.1) is 11.3 Å². The third kappa shape index (κ3) is 3.44. The summed E-state index contributed by atoms with van der Waals surface area (Å²) in [6, 6.07) is 9.92. The van der Waals surface area contributed by atoms with Crippen LogP contribution in [0.3, 0.4) is 0 Å². The normalized spacial score (nSPS) is 21.0. The maximum atomic E-state index is 14.2. The summed E-state index contributed by atoms with van der Waals surface area (Å²) in [6.07, 6.45) is -1.30. The number of rotatable bonds is 3. The summed E-state index contributed by atoms with van der Waals surface area (Å²) in [5.41, 5.74) is -1.18. The summed E-state index contributed by atoms with van der Waals surface area (Å²) in [6.45, 7) is 0. The maximum absolute atomic E-state index is 14.2. The molecule has 3 aromatic rings. The maximum Gasteiger partial charge on any atom is 0.403 e. The molecule has 0 bridgehead atoms. The standard InChI is InChI=1S/C20H12Cl2F3N5/c21-15-4-14(5-16(22)6-15)19(20(23,24)25)7-17(28-9-19)12-1-2-18(13(3-12)8-26)30-11-27-10-29-30/h1-6,9-11,17H,7H2. The molecule has 10 heteroatoms. The topological polar surface area (TPSA) is 66.9 Å². The van der Waals surface area contributed by atoms with Crippen LogP contribution in [-0.2, 0) is 5.41 Å². The fraction of sp³-hybridized carbons (Fsp3) is 0.200. The average Bonchev–Trinajstić information content (AvgIpc) is 3.37. The van der Waals surface area contributed by atoms with Gasteiger partial charge in [0.15, 0.2) is 0 Å². The van der Waals surface area contributed by atoms with Crippen LogP contribution >= 0.6 is 23.2 Å². The van der Waals surface area contributed by atoms with Crippen LogP contribution in [-0.4, -0.2) is 27.2 Å². The van der Waals surface area contributed by atoms with E-state index in [1.165, 1.54) is 41.6 Å². The van der Waals surface area contributed by atoms with Gasteiger partial charge in [-0.25, -0.2) is 9.67 Å². The lowest BCUT2D eigenvalue weighted by Gasteiger charge is -2.30. The summed E-state index contributed by atoms with van der Waals surface area (Å²) in [5.74, 6) is 0. The molecule has 2 aromatic carbocycles. The molecule has 152 valence electrons. The molecular formula is C20H12Cl2F3N5. The molecule has 0 aliphatic carbocycles. The van der Waals surface area contributed by atoms with E-state index in [0.717, 1.165) is 6.21 Å². The molecule has 0 amide bonds. The van der Waals surface area contributed by atoms with Gasteiger partial charge in [-0.2, -0.15) is 23.5 Å².